The van der Waals surface area contributed by atoms with E-state index in [1.807, 2.05) is 45.0 Å². The van der Waals surface area contributed by atoms with Crippen LogP contribution in [0.1, 0.15) is 52.1 Å². The van der Waals surface area contributed by atoms with Crippen molar-refractivity contribution >= 4 is 23.7 Å². The molecule has 2 heterocycles. The number of unbranched alkanes of at least 4 members (excludes halogenated alkanes) is 1. The molecular weight excluding hydrogens is 388 g/mol. The molecule has 156 valence electrons. The molecule has 2 aromatic rings. The highest BCUT2D eigenvalue weighted by molar-refractivity contribution is 7.99. The molecule has 0 amide bonds. The minimum absolute atomic E-state index is 0.217. The monoisotopic (exact) mass is 416 g/mol. The zero-order chi connectivity index (χ0) is 21.0. The van der Waals surface area contributed by atoms with Crippen LogP contribution in [0.5, 0.6) is 5.75 Å². The van der Waals surface area contributed by atoms with Crippen LogP contribution in [0.4, 0.5) is 5.95 Å². The molecule has 1 atom stereocenters. The summed E-state index contributed by atoms with van der Waals surface area (Å²) in [5.74, 6) is 1.93. The number of hydrogen-bond acceptors (Lipinski definition) is 7. The van der Waals surface area contributed by atoms with Crippen LogP contribution < -0.4 is 10.1 Å². The molecule has 1 aliphatic rings. The van der Waals surface area contributed by atoms with Crippen LogP contribution in [0, 0.1) is 0 Å². The van der Waals surface area contributed by atoms with Crippen molar-refractivity contribution in [3.05, 3.63) is 41.1 Å². The Bertz CT molecular complexity index is 907. The first-order chi connectivity index (χ1) is 13.9. The van der Waals surface area contributed by atoms with Gasteiger partial charge >= 0.3 is 5.97 Å². The second-order valence-corrected chi connectivity index (χ2v) is 8.22. The maximum atomic E-state index is 13.0. The standard InChI is InChI=1S/C21H28N4O3S/c1-6-7-11-29-21-23-20-22-14(4)17(19(26)28-13(2)3)18(25(20)24-21)15-9-8-10-16(12-15)27-5/h8-10,12-13,18H,6-7,11H2,1-5H3,(H,22,23,24). The zero-order valence-corrected chi connectivity index (χ0v) is 18.4. The predicted octanol–water partition coefficient (Wildman–Crippen LogP) is 4.42. The van der Waals surface area contributed by atoms with Gasteiger partial charge < -0.3 is 14.8 Å². The lowest BCUT2D eigenvalue weighted by Gasteiger charge is -2.28. The third kappa shape index (κ3) is 4.75. The molecule has 8 heteroatoms. The second kappa shape index (κ2) is 9.35. The molecule has 0 saturated heterocycles. The summed E-state index contributed by atoms with van der Waals surface area (Å²) in [6, 6.07) is 7.22. The second-order valence-electron chi connectivity index (χ2n) is 7.16. The average Bonchev–Trinajstić information content (AvgIpc) is 3.08. The van der Waals surface area contributed by atoms with E-state index in [4.69, 9.17) is 14.6 Å². The lowest BCUT2D eigenvalue weighted by molar-refractivity contribution is -0.143. The Morgan fingerprint density at radius 1 is 1.38 bits per heavy atom. The smallest absolute Gasteiger partial charge is 0.338 e. The quantitative estimate of drug-likeness (QED) is 0.388. The van der Waals surface area contributed by atoms with E-state index in [2.05, 4.69) is 17.2 Å². The molecule has 0 radical (unpaired) electrons. The van der Waals surface area contributed by atoms with Crippen LogP contribution in [0.25, 0.3) is 0 Å². The fourth-order valence-electron chi connectivity index (χ4n) is 3.16. The highest BCUT2D eigenvalue weighted by atomic mass is 32.2. The van der Waals surface area contributed by atoms with Gasteiger partial charge in [-0.15, -0.1) is 5.10 Å². The van der Waals surface area contributed by atoms with Gasteiger partial charge in [0.1, 0.15) is 11.8 Å². The van der Waals surface area contributed by atoms with Crippen LogP contribution in [0.2, 0.25) is 0 Å². The van der Waals surface area contributed by atoms with E-state index in [1.165, 1.54) is 0 Å². The van der Waals surface area contributed by atoms with Crippen molar-refractivity contribution in [2.24, 2.45) is 0 Å². The van der Waals surface area contributed by atoms with Crippen molar-refractivity contribution in [3.63, 3.8) is 0 Å². The van der Waals surface area contributed by atoms with E-state index in [0.717, 1.165) is 29.9 Å². The molecule has 1 aromatic heterocycles. The van der Waals surface area contributed by atoms with Gasteiger partial charge in [0, 0.05) is 11.4 Å². The molecule has 1 aliphatic heterocycles. The Kier molecular flexibility index (Phi) is 6.84. The largest absolute Gasteiger partial charge is 0.497 e. The molecule has 0 saturated carbocycles. The van der Waals surface area contributed by atoms with Gasteiger partial charge in [0.05, 0.1) is 18.8 Å². The third-order valence-electron chi connectivity index (χ3n) is 4.53. The van der Waals surface area contributed by atoms with E-state index in [-0.39, 0.29) is 12.1 Å². The Morgan fingerprint density at radius 3 is 2.86 bits per heavy atom. The SMILES string of the molecule is CCCCSc1nc2n(n1)C(c1cccc(OC)c1)C(C(=O)OC(C)C)=C(C)N2. The number of hydrogen-bond donors (Lipinski definition) is 1. The van der Waals surface area contributed by atoms with E-state index >= 15 is 0 Å². The van der Waals surface area contributed by atoms with Gasteiger partial charge in [-0.3, -0.25) is 0 Å². The Hall–Kier alpha value is -2.48. The number of nitrogens with one attached hydrogen (secondary N) is 1. The van der Waals surface area contributed by atoms with Crippen LogP contribution in [0.3, 0.4) is 0 Å². The van der Waals surface area contributed by atoms with Crippen molar-refractivity contribution in [2.75, 3.05) is 18.2 Å². The van der Waals surface area contributed by atoms with Gasteiger partial charge in [0.2, 0.25) is 11.1 Å². The third-order valence-corrected chi connectivity index (χ3v) is 5.46. The molecule has 1 N–H and O–H groups in total. The Morgan fingerprint density at radius 2 is 2.17 bits per heavy atom. The number of carbonyl (C=O) groups is 1. The zero-order valence-electron chi connectivity index (χ0n) is 17.6. The van der Waals surface area contributed by atoms with Crippen LogP contribution in [-0.4, -0.2) is 39.7 Å². The maximum absolute atomic E-state index is 13.0. The number of aromatic nitrogens is 3. The average molecular weight is 417 g/mol. The molecule has 0 spiro atoms. The number of methoxy groups -OCH3 is 1. The molecule has 3 rings (SSSR count). The van der Waals surface area contributed by atoms with E-state index in [1.54, 1.807) is 23.6 Å². The molecule has 29 heavy (non-hydrogen) atoms. The minimum Gasteiger partial charge on any atom is -0.497 e. The minimum atomic E-state index is -0.444. The number of nitrogens with zero attached hydrogens (tertiary/aromatic N) is 3. The number of anilines is 1. The molecule has 0 fully saturated rings. The number of thioether (sulfide) groups is 1. The molecule has 1 aromatic carbocycles. The predicted molar refractivity (Wildman–Crippen MR) is 114 cm³/mol. The van der Waals surface area contributed by atoms with Gasteiger partial charge in [-0.1, -0.05) is 37.2 Å². The summed E-state index contributed by atoms with van der Waals surface area (Å²) >= 11 is 1.62. The maximum Gasteiger partial charge on any atom is 0.338 e. The highest BCUT2D eigenvalue weighted by Crippen LogP contribution is 2.37. The molecule has 1 unspecified atom stereocenters. The number of ether oxygens (including phenoxy) is 2. The number of fused-ring (bicyclic) bond motifs is 1. The topological polar surface area (TPSA) is 78.3 Å². The summed E-state index contributed by atoms with van der Waals surface area (Å²) in [6.07, 6.45) is 2.01. The summed E-state index contributed by atoms with van der Waals surface area (Å²) in [5.41, 5.74) is 2.13. The summed E-state index contributed by atoms with van der Waals surface area (Å²) in [6.45, 7) is 7.71. The van der Waals surface area contributed by atoms with Crippen molar-refractivity contribution in [2.45, 2.75) is 57.8 Å². The van der Waals surface area contributed by atoms with Crippen LogP contribution in [0.15, 0.2) is 40.7 Å². The number of allylic oxidation sites excluding steroid dienone is 1. The number of carbonyl (C=O) groups excluding carboxylic acids is 1. The summed E-state index contributed by atoms with van der Waals surface area (Å²) in [5, 5.41) is 8.63. The fraction of sp³-hybridized carbons (Fsp3) is 0.476. The lowest BCUT2D eigenvalue weighted by Crippen LogP contribution is -2.30. The number of benzene rings is 1. The first-order valence-electron chi connectivity index (χ1n) is 9.86. The summed E-state index contributed by atoms with van der Waals surface area (Å²) in [7, 11) is 1.62. The Balaban J connectivity index is 2.05. The fourth-order valence-corrected chi connectivity index (χ4v) is 4.07. The molecule has 0 aliphatic carbocycles. The van der Waals surface area contributed by atoms with Crippen molar-refractivity contribution < 1.29 is 14.3 Å². The number of esters is 1. The molecular formula is C21H28N4O3S. The van der Waals surface area contributed by atoms with Crippen molar-refractivity contribution in [1.82, 2.24) is 14.8 Å². The first-order valence-corrected chi connectivity index (χ1v) is 10.8. The first kappa shape index (κ1) is 21.2. The Labute approximate surface area is 175 Å². The van der Waals surface area contributed by atoms with Gasteiger partial charge in [-0.2, -0.15) is 4.98 Å². The lowest BCUT2D eigenvalue weighted by atomic mass is 9.95. The van der Waals surface area contributed by atoms with Gasteiger partial charge in [0.25, 0.3) is 0 Å². The number of rotatable bonds is 8. The van der Waals surface area contributed by atoms with Gasteiger partial charge in [0.15, 0.2) is 0 Å². The van der Waals surface area contributed by atoms with Crippen LogP contribution >= 0.6 is 11.8 Å². The van der Waals surface area contributed by atoms with E-state index in [9.17, 15) is 4.79 Å². The van der Waals surface area contributed by atoms with Crippen molar-refractivity contribution in [3.8, 4) is 5.75 Å². The molecule has 7 nitrogen and oxygen atoms in total. The summed E-state index contributed by atoms with van der Waals surface area (Å²) < 4.78 is 12.7. The normalized spacial score (nSPS) is 15.9. The van der Waals surface area contributed by atoms with E-state index in [0.29, 0.717) is 22.4 Å². The van der Waals surface area contributed by atoms with Gasteiger partial charge in [-0.25, -0.2) is 9.48 Å². The van der Waals surface area contributed by atoms with Gasteiger partial charge in [-0.05, 0) is 44.9 Å². The highest BCUT2D eigenvalue weighted by Gasteiger charge is 2.35. The van der Waals surface area contributed by atoms with Crippen molar-refractivity contribution in [1.29, 1.82) is 0 Å². The summed E-state index contributed by atoms with van der Waals surface area (Å²) in [4.78, 5) is 17.6. The van der Waals surface area contributed by atoms with Crippen LogP contribution in [-0.2, 0) is 9.53 Å². The molecule has 0 bridgehead atoms. The van der Waals surface area contributed by atoms with E-state index < -0.39 is 6.04 Å².